The number of carbonyl (C=O) groups is 3. The lowest BCUT2D eigenvalue weighted by Gasteiger charge is -2.44. The molecule has 0 spiro atoms. The summed E-state index contributed by atoms with van der Waals surface area (Å²) in [7, 11) is -3.53. The highest BCUT2D eigenvalue weighted by Crippen LogP contribution is 2.50. The van der Waals surface area contributed by atoms with E-state index in [1.54, 1.807) is 60.7 Å². The second-order valence-corrected chi connectivity index (χ2v) is 14.6. The van der Waals surface area contributed by atoms with Crippen LogP contribution in [0.1, 0.15) is 73.3 Å². The largest absolute Gasteiger partial charge is 0.453 e. The van der Waals surface area contributed by atoms with Gasteiger partial charge < -0.3 is 27.8 Å². The minimum atomic E-state index is -1.83. The van der Waals surface area contributed by atoms with Gasteiger partial charge in [0.05, 0.1) is 38.2 Å². The summed E-state index contributed by atoms with van der Waals surface area (Å²) in [6.07, 6.45) is -0.244. The molecule has 274 valence electrons. The van der Waals surface area contributed by atoms with Crippen LogP contribution in [0.2, 0.25) is 0 Å². The number of benzene rings is 3. The fraction of sp³-hybridized carbons (Fsp3) is 0.375. The van der Waals surface area contributed by atoms with Crippen molar-refractivity contribution in [2.24, 2.45) is 0 Å². The highest BCUT2D eigenvalue weighted by atomic mass is 31.2. The quantitative estimate of drug-likeness (QED) is 0.0544. The molecule has 1 saturated heterocycles. The van der Waals surface area contributed by atoms with Gasteiger partial charge in [-0.05, 0) is 70.0 Å². The highest BCUT2D eigenvalue weighted by Gasteiger charge is 2.48. The lowest BCUT2D eigenvalue weighted by molar-refractivity contribution is -0.210. The molecule has 11 nitrogen and oxygen atoms in total. The number of imide groups is 1. The molecular weight excluding hydrogens is 681 g/mol. The number of methoxy groups -OCH3 is 1. The first-order valence-corrected chi connectivity index (χ1v) is 18.5. The number of para-hydroxylation sites is 1. The van der Waals surface area contributed by atoms with Gasteiger partial charge in [-0.2, -0.15) is 0 Å². The van der Waals surface area contributed by atoms with Gasteiger partial charge in [0.25, 0.3) is 20.3 Å². The Kier molecular flexibility index (Phi) is 11.1. The fourth-order valence-corrected chi connectivity index (χ4v) is 8.56. The number of fused-ring (bicyclic) bond motifs is 2. The summed E-state index contributed by atoms with van der Waals surface area (Å²) in [5.41, 5.74) is 2.73. The van der Waals surface area contributed by atoms with Crippen molar-refractivity contribution in [2.75, 3.05) is 26.8 Å². The van der Waals surface area contributed by atoms with Crippen LogP contribution in [-0.2, 0) is 29.7 Å². The Bertz CT molecular complexity index is 1910. The van der Waals surface area contributed by atoms with Gasteiger partial charge in [0, 0.05) is 37.3 Å². The van der Waals surface area contributed by atoms with Crippen molar-refractivity contribution in [1.82, 2.24) is 14.1 Å². The molecule has 3 heterocycles. The molecule has 2 amide bonds. The lowest BCUT2D eigenvalue weighted by atomic mass is 10.0. The van der Waals surface area contributed by atoms with E-state index >= 15 is 0 Å². The molecule has 3 aromatic carbocycles. The molecule has 6 atom stereocenters. The second kappa shape index (κ2) is 16.6. The zero-order valence-electron chi connectivity index (χ0n) is 31.8. The van der Waals surface area contributed by atoms with E-state index in [0.717, 1.165) is 16.5 Å². The number of nitrogens with zero attached hydrogens (tertiary/aromatic N) is 3. The average Bonchev–Trinajstić information content (AvgIpc) is 3.64. The molecule has 0 N–H and O–H groups in total. The molecule has 0 aliphatic carbocycles. The zero-order valence-corrected chi connectivity index (χ0v) is 30.7. The molecule has 12 heteroatoms. The number of esters is 1. The Morgan fingerprint density at radius 1 is 1.02 bits per heavy atom. The third-order valence-electron chi connectivity index (χ3n) is 9.17. The molecule has 2 aliphatic rings. The van der Waals surface area contributed by atoms with Gasteiger partial charge in [-0.1, -0.05) is 54.6 Å². The summed E-state index contributed by atoms with van der Waals surface area (Å²) in [6, 6.07) is 23.1. The maximum absolute atomic E-state index is 13.7. The van der Waals surface area contributed by atoms with Crippen molar-refractivity contribution < 1.29 is 40.4 Å². The Morgan fingerprint density at radius 3 is 2.33 bits per heavy atom. The summed E-state index contributed by atoms with van der Waals surface area (Å²) in [5, 5.41) is 0.876. The number of aromatic nitrogens is 1. The van der Waals surface area contributed by atoms with E-state index in [1.165, 1.54) is 4.90 Å². The van der Waals surface area contributed by atoms with E-state index in [2.05, 4.69) is 11.2 Å². The minimum Gasteiger partial charge on any atom is -0.453 e. The predicted octanol–water partition coefficient (Wildman–Crippen LogP) is 7.18. The van der Waals surface area contributed by atoms with Crippen LogP contribution in [0.5, 0.6) is 0 Å². The van der Waals surface area contributed by atoms with Gasteiger partial charge in [0.2, 0.25) is 0 Å². The van der Waals surface area contributed by atoms with Crippen LogP contribution >= 0.6 is 8.53 Å². The van der Waals surface area contributed by atoms with E-state index in [-0.39, 0.29) is 43.7 Å². The molecule has 52 heavy (non-hydrogen) atoms. The SMILES string of the molecule is [2H]C([3H])OC1COC(n2cc(CCN3C(=O)c4ccccc4C3=O)c3ccccc32)C(OP(OCC=C)N(C(C)C)C(C)C)C1OC(=O)c1ccccc1. The monoisotopic (exact) mass is 730 g/mol. The maximum atomic E-state index is 13.7. The van der Waals surface area contributed by atoms with Crippen molar-refractivity contribution >= 4 is 37.2 Å². The van der Waals surface area contributed by atoms with Gasteiger partial charge in [0.1, 0.15) is 6.10 Å². The van der Waals surface area contributed by atoms with Crippen molar-refractivity contribution in [2.45, 2.75) is 70.7 Å². The molecule has 0 radical (unpaired) electrons. The Morgan fingerprint density at radius 2 is 1.67 bits per heavy atom. The topological polar surface area (TPSA) is 109 Å². The van der Waals surface area contributed by atoms with Gasteiger partial charge in [-0.15, -0.1) is 6.58 Å². The van der Waals surface area contributed by atoms with Crippen LogP contribution in [0.3, 0.4) is 0 Å². The first-order valence-electron chi connectivity index (χ1n) is 18.6. The standard InChI is InChI=1S/C40H46N3O8P/c1-7-23-49-52(43(26(2)3)27(4)5)51-36-35(50-40(46)28-15-9-8-10-16-28)34(47-6)25-48-39(36)42-24-29(30-17-13-14-20-33(30)42)21-22-41-37(44)31-18-11-12-19-32(31)38(41)45/h7-20,24,26-27,34-36,39H,1,21-23,25H2,2-6H3/i6TD. The lowest BCUT2D eigenvalue weighted by Crippen LogP contribution is -2.54. The Labute approximate surface area is 308 Å². The summed E-state index contributed by atoms with van der Waals surface area (Å²) in [4.78, 5) is 41.4. The Balaban J connectivity index is 1.41. The third-order valence-corrected chi connectivity index (χ3v) is 11.3. The van der Waals surface area contributed by atoms with Crippen molar-refractivity contribution in [3.8, 4) is 0 Å². The van der Waals surface area contributed by atoms with Crippen molar-refractivity contribution in [3.63, 3.8) is 0 Å². The minimum absolute atomic E-state index is 0.00623. The first-order chi connectivity index (χ1) is 26.0. The molecule has 6 rings (SSSR count). The van der Waals surface area contributed by atoms with Gasteiger partial charge in [-0.3, -0.25) is 14.5 Å². The second-order valence-electron chi connectivity index (χ2n) is 13.2. The van der Waals surface area contributed by atoms with Crippen LogP contribution in [-0.4, -0.2) is 89.1 Å². The first kappa shape index (κ1) is 34.8. The number of carbonyl (C=O) groups excluding carboxylic acids is 3. The summed E-state index contributed by atoms with van der Waals surface area (Å²) < 4.78 is 51.7. The third kappa shape index (κ3) is 7.62. The van der Waals surface area contributed by atoms with Crippen LogP contribution in [0.25, 0.3) is 10.9 Å². The number of ether oxygens (including phenoxy) is 3. The molecule has 2 aliphatic heterocycles. The van der Waals surface area contributed by atoms with Crippen molar-refractivity contribution in [3.05, 3.63) is 120 Å². The summed E-state index contributed by atoms with van der Waals surface area (Å²) in [5.74, 6) is -1.28. The predicted molar refractivity (Wildman–Crippen MR) is 199 cm³/mol. The van der Waals surface area contributed by atoms with E-state index < -0.39 is 46.1 Å². The van der Waals surface area contributed by atoms with E-state index in [9.17, 15) is 14.4 Å². The van der Waals surface area contributed by atoms with Gasteiger partial charge >= 0.3 is 5.97 Å². The average molecular weight is 731 g/mol. The molecule has 0 bridgehead atoms. The highest BCUT2D eigenvalue weighted by molar-refractivity contribution is 7.44. The van der Waals surface area contributed by atoms with Crippen LogP contribution in [0.15, 0.2) is 97.7 Å². The van der Waals surface area contributed by atoms with E-state index in [4.69, 9.17) is 26.0 Å². The van der Waals surface area contributed by atoms with Crippen molar-refractivity contribution in [1.29, 1.82) is 0 Å². The maximum Gasteiger partial charge on any atom is 0.338 e. The molecule has 6 unspecified atom stereocenters. The normalized spacial score (nSPS) is 22.1. The van der Waals surface area contributed by atoms with Crippen LogP contribution in [0.4, 0.5) is 0 Å². The van der Waals surface area contributed by atoms with Crippen LogP contribution in [0, 0.1) is 0 Å². The zero-order chi connectivity index (χ0) is 38.5. The smallest absolute Gasteiger partial charge is 0.338 e. The fourth-order valence-electron chi connectivity index (χ4n) is 6.84. The molecule has 1 aromatic heterocycles. The van der Waals surface area contributed by atoms with Gasteiger partial charge in [-0.25, -0.2) is 9.46 Å². The van der Waals surface area contributed by atoms with Crippen LogP contribution < -0.4 is 0 Å². The van der Waals surface area contributed by atoms with E-state index in [1.807, 2.05) is 62.7 Å². The number of rotatable bonds is 15. The number of hydrogen-bond acceptors (Lipinski definition) is 9. The molecule has 4 aromatic rings. The summed E-state index contributed by atoms with van der Waals surface area (Å²) >= 11 is 0. The molecule has 0 saturated carbocycles. The molecule has 1 fully saturated rings. The van der Waals surface area contributed by atoms with E-state index in [0.29, 0.717) is 23.1 Å². The molecular formula is C40H46N3O8P. The summed E-state index contributed by atoms with van der Waals surface area (Å²) in [6.45, 7) is 12.2. The number of hydrogen-bond donors (Lipinski definition) is 0. The number of amides is 2. The Hall–Kier alpha value is -4.22. The van der Waals surface area contributed by atoms with Gasteiger partial charge in [0.15, 0.2) is 18.4 Å².